The standard InChI is InChI=1S/C50H64N4O8Si/c1-50(2,3)63(4,5)62-45(41-26-28-44(55)47-42(41)27-29-46(56)53-47)33-51-30-14-6-7-15-31-60-39-24-25-40(36-18-12-9-13-19-36)43(32-39)54(49(58)59)38-22-20-37(21-23-38)52-48(57)61-34-35-16-10-8-11-17-35/h8-13,16-19,24-29,32,37-38,45,51,55H,6-7,14-15,20-23,30-31,33-34H2,1-5H3,(H,52,57)(H,53,56)(H,58,59). The number of alkyl carbamates (subject to hydrolysis) is 1. The number of benzene rings is 4. The van der Waals surface area contributed by atoms with Gasteiger partial charge in [-0.05, 0) is 104 Å². The van der Waals surface area contributed by atoms with Crippen molar-refractivity contribution in [3.8, 4) is 22.6 Å². The number of nitrogens with zero attached hydrogens (tertiary/aromatic N) is 1. The van der Waals surface area contributed by atoms with Crippen molar-refractivity contribution in [3.05, 3.63) is 125 Å². The van der Waals surface area contributed by atoms with Gasteiger partial charge < -0.3 is 39.7 Å². The van der Waals surface area contributed by atoms with Gasteiger partial charge in [-0.15, -0.1) is 0 Å². The molecule has 1 atom stereocenters. The largest absolute Gasteiger partial charge is 0.506 e. The monoisotopic (exact) mass is 876 g/mol. The minimum Gasteiger partial charge on any atom is -0.506 e. The van der Waals surface area contributed by atoms with E-state index in [-0.39, 0.29) is 41.1 Å². The van der Waals surface area contributed by atoms with Crippen molar-refractivity contribution < 1.29 is 33.7 Å². The van der Waals surface area contributed by atoms with E-state index >= 15 is 0 Å². The second-order valence-electron chi connectivity index (χ2n) is 18.0. The third-order valence-corrected chi connectivity index (χ3v) is 16.9. The number of aromatic nitrogens is 1. The van der Waals surface area contributed by atoms with Gasteiger partial charge in [0.15, 0.2) is 8.32 Å². The lowest BCUT2D eigenvalue weighted by atomic mass is 9.89. The molecule has 1 aromatic heterocycles. The maximum atomic E-state index is 13.0. The van der Waals surface area contributed by atoms with Gasteiger partial charge in [0, 0.05) is 41.7 Å². The molecule has 1 heterocycles. The molecular weight excluding hydrogens is 813 g/mol. The summed E-state index contributed by atoms with van der Waals surface area (Å²) in [5.74, 6) is 0.651. The molecule has 2 amide bonds. The van der Waals surface area contributed by atoms with E-state index in [1.54, 1.807) is 12.1 Å². The minimum atomic E-state index is -2.18. The lowest BCUT2D eigenvalue weighted by Gasteiger charge is -2.39. The number of amides is 2. The molecule has 63 heavy (non-hydrogen) atoms. The molecule has 0 aliphatic heterocycles. The normalized spacial score (nSPS) is 16.0. The van der Waals surface area contributed by atoms with Crippen molar-refractivity contribution in [1.29, 1.82) is 0 Å². The number of phenolic OH excluding ortho intramolecular Hbond substituents is 1. The number of phenols is 1. The number of fused-ring (bicyclic) bond motifs is 1. The van der Waals surface area contributed by atoms with Gasteiger partial charge in [0.05, 0.1) is 23.9 Å². The second kappa shape index (κ2) is 21.6. The predicted octanol–water partition coefficient (Wildman–Crippen LogP) is 10.9. The average Bonchev–Trinajstić information content (AvgIpc) is 3.26. The number of pyridine rings is 1. The van der Waals surface area contributed by atoms with Crippen LogP contribution in [-0.2, 0) is 15.8 Å². The highest BCUT2D eigenvalue weighted by Crippen LogP contribution is 2.42. The molecule has 13 heteroatoms. The quantitative estimate of drug-likeness (QED) is 0.0401. The number of nitrogens with one attached hydrogen (secondary N) is 3. The summed E-state index contributed by atoms with van der Waals surface area (Å²) >= 11 is 0. The number of aromatic hydroxyl groups is 1. The number of aromatic amines is 1. The highest BCUT2D eigenvalue weighted by atomic mass is 28.4. The van der Waals surface area contributed by atoms with Crippen molar-refractivity contribution in [2.24, 2.45) is 0 Å². The molecule has 1 saturated carbocycles. The molecule has 6 rings (SSSR count). The Morgan fingerprint density at radius 3 is 2.27 bits per heavy atom. The summed E-state index contributed by atoms with van der Waals surface area (Å²) in [6.45, 7) is 13.2. The first-order valence-corrected chi connectivity index (χ1v) is 25.2. The van der Waals surface area contributed by atoms with Crippen LogP contribution in [0.1, 0.15) is 89.4 Å². The fraction of sp³-hybridized carbons (Fsp3) is 0.420. The molecule has 0 spiro atoms. The lowest BCUT2D eigenvalue weighted by molar-refractivity contribution is 0.132. The van der Waals surface area contributed by atoms with E-state index < -0.39 is 20.5 Å². The third kappa shape index (κ3) is 12.7. The Morgan fingerprint density at radius 2 is 1.57 bits per heavy atom. The van der Waals surface area contributed by atoms with Crippen LogP contribution < -0.4 is 25.8 Å². The fourth-order valence-electron chi connectivity index (χ4n) is 7.94. The number of unbranched alkanes of at least 4 members (excludes halogenated alkanes) is 3. The van der Waals surface area contributed by atoms with Crippen molar-refractivity contribution in [1.82, 2.24) is 15.6 Å². The van der Waals surface area contributed by atoms with Crippen LogP contribution in [0.3, 0.4) is 0 Å². The molecule has 5 aromatic rings. The summed E-state index contributed by atoms with van der Waals surface area (Å²) in [5, 5.41) is 28.5. The van der Waals surface area contributed by atoms with Gasteiger partial charge in [0.1, 0.15) is 18.1 Å². The fourth-order valence-corrected chi connectivity index (χ4v) is 9.22. The second-order valence-corrected chi connectivity index (χ2v) is 22.8. The number of hydrogen-bond donors (Lipinski definition) is 5. The summed E-state index contributed by atoms with van der Waals surface area (Å²) in [6, 6.07) is 31.4. The van der Waals surface area contributed by atoms with Crippen molar-refractivity contribution in [3.63, 3.8) is 0 Å². The molecular formula is C50H64N4O8Si. The van der Waals surface area contributed by atoms with Gasteiger partial charge in [-0.1, -0.05) is 100 Å². The molecule has 0 bridgehead atoms. The first-order chi connectivity index (χ1) is 30.2. The van der Waals surface area contributed by atoms with Crippen LogP contribution in [0, 0.1) is 0 Å². The summed E-state index contributed by atoms with van der Waals surface area (Å²) in [7, 11) is -2.18. The number of carbonyl (C=O) groups is 2. The number of H-pyrrole nitrogens is 1. The molecule has 0 saturated heterocycles. The van der Waals surface area contributed by atoms with Crippen molar-refractivity contribution >= 4 is 37.1 Å². The third-order valence-electron chi connectivity index (χ3n) is 12.5. The van der Waals surface area contributed by atoms with Crippen LogP contribution in [0.4, 0.5) is 15.3 Å². The Labute approximate surface area is 372 Å². The minimum absolute atomic E-state index is 0.00402. The number of hydrogen-bond acceptors (Lipinski definition) is 8. The Morgan fingerprint density at radius 1 is 0.873 bits per heavy atom. The zero-order chi connectivity index (χ0) is 45.0. The van der Waals surface area contributed by atoms with Gasteiger partial charge in [-0.2, -0.15) is 0 Å². The zero-order valence-electron chi connectivity index (χ0n) is 37.3. The van der Waals surface area contributed by atoms with E-state index in [0.717, 1.165) is 59.9 Å². The Bertz CT molecular complexity index is 2320. The molecule has 1 unspecified atom stereocenters. The number of carboxylic acid groups (broad SMARTS) is 1. The summed E-state index contributed by atoms with van der Waals surface area (Å²) in [5.41, 5.74) is 4.31. The molecule has 1 aliphatic carbocycles. The number of carbonyl (C=O) groups excluding carboxylic acids is 1. The van der Waals surface area contributed by atoms with E-state index in [4.69, 9.17) is 13.9 Å². The average molecular weight is 877 g/mol. The highest BCUT2D eigenvalue weighted by molar-refractivity contribution is 6.74. The van der Waals surface area contributed by atoms with Gasteiger partial charge in [0.2, 0.25) is 5.56 Å². The van der Waals surface area contributed by atoms with E-state index in [2.05, 4.69) is 49.5 Å². The summed E-state index contributed by atoms with van der Waals surface area (Å²) < 4.78 is 18.6. The van der Waals surface area contributed by atoms with E-state index in [1.807, 2.05) is 84.9 Å². The molecule has 336 valence electrons. The van der Waals surface area contributed by atoms with Gasteiger partial charge in [-0.3, -0.25) is 9.69 Å². The number of rotatable bonds is 19. The molecule has 1 fully saturated rings. The predicted molar refractivity (Wildman–Crippen MR) is 252 cm³/mol. The van der Waals surface area contributed by atoms with Crippen LogP contribution in [-0.4, -0.2) is 67.5 Å². The van der Waals surface area contributed by atoms with Gasteiger partial charge in [-0.25, -0.2) is 9.59 Å². The topological polar surface area (TPSA) is 162 Å². The molecule has 4 aromatic carbocycles. The smallest absolute Gasteiger partial charge is 0.412 e. The van der Waals surface area contributed by atoms with E-state index in [9.17, 15) is 24.6 Å². The maximum Gasteiger partial charge on any atom is 0.412 e. The SMILES string of the molecule is CC(C)(C)[Si](C)(C)OC(CNCCCCCCOc1ccc(-c2ccccc2)c(N(C(=O)O)C2CCC(NC(=O)OCc3ccccc3)CC2)c1)c1ccc(O)c2[nH]c(=O)ccc12. The maximum absolute atomic E-state index is 13.0. The van der Waals surface area contributed by atoms with Crippen molar-refractivity contribution in [2.75, 3.05) is 24.6 Å². The van der Waals surface area contributed by atoms with Crippen LogP contribution in [0.25, 0.3) is 22.0 Å². The summed E-state index contributed by atoms with van der Waals surface area (Å²) in [4.78, 5) is 42.0. The lowest BCUT2D eigenvalue weighted by Crippen LogP contribution is -2.46. The van der Waals surface area contributed by atoms with E-state index in [1.165, 1.54) is 11.0 Å². The van der Waals surface area contributed by atoms with Crippen LogP contribution >= 0.6 is 0 Å². The first-order valence-electron chi connectivity index (χ1n) is 22.3. The van der Waals surface area contributed by atoms with Gasteiger partial charge >= 0.3 is 12.2 Å². The van der Waals surface area contributed by atoms with Gasteiger partial charge in [0.25, 0.3) is 0 Å². The van der Waals surface area contributed by atoms with Crippen LogP contribution in [0.2, 0.25) is 18.1 Å². The molecule has 5 N–H and O–H groups in total. The first kappa shape index (κ1) is 46.9. The zero-order valence-corrected chi connectivity index (χ0v) is 38.3. The molecule has 12 nitrogen and oxygen atoms in total. The molecule has 1 aliphatic rings. The summed E-state index contributed by atoms with van der Waals surface area (Å²) in [6.07, 6.45) is 4.45. The van der Waals surface area contributed by atoms with Crippen LogP contribution in [0.5, 0.6) is 11.5 Å². The van der Waals surface area contributed by atoms with E-state index in [0.29, 0.717) is 55.8 Å². The Hall–Kier alpha value is -5.63. The van der Waals surface area contributed by atoms with Crippen molar-refractivity contribution in [2.45, 2.75) is 115 Å². The molecule has 0 radical (unpaired) electrons. The number of anilines is 1. The Kier molecular flexibility index (Phi) is 16.1. The highest BCUT2D eigenvalue weighted by Gasteiger charge is 2.40. The van der Waals surface area contributed by atoms with Crippen LogP contribution in [0.15, 0.2) is 108 Å². The number of ether oxygens (including phenoxy) is 2. The Balaban J connectivity index is 1.01.